The molecule has 0 bridgehead atoms. The maximum atomic E-state index is 12.4. The normalized spacial score (nSPS) is 29.1. The van der Waals surface area contributed by atoms with Crippen LogP contribution in [0.4, 0.5) is 11.8 Å². The van der Waals surface area contributed by atoms with Gasteiger partial charge >= 0.3 is 13.8 Å². The van der Waals surface area contributed by atoms with E-state index in [4.69, 9.17) is 24.3 Å². The topological polar surface area (TPSA) is 190 Å². The van der Waals surface area contributed by atoms with E-state index in [1.54, 1.807) is 0 Å². The minimum Gasteiger partial charge on any atom is -0.455 e. The van der Waals surface area contributed by atoms with Gasteiger partial charge in [0.15, 0.2) is 29.3 Å². The van der Waals surface area contributed by atoms with Gasteiger partial charge in [0.05, 0.1) is 6.61 Å². The number of carbonyl (C=O) groups excluding carboxylic acids is 2. The molecule has 0 radical (unpaired) electrons. The quantitative estimate of drug-likeness (QED) is 0.377. The lowest BCUT2D eigenvalue weighted by atomic mass is 10.1. The molecule has 0 aromatic carbocycles. The van der Waals surface area contributed by atoms with Crippen LogP contribution in [-0.2, 0) is 32.7 Å². The number of aromatic nitrogens is 4. The van der Waals surface area contributed by atoms with Gasteiger partial charge in [0.25, 0.3) is 0 Å². The second kappa shape index (κ2) is 9.31. The van der Waals surface area contributed by atoms with Crippen molar-refractivity contribution in [2.24, 2.45) is 0 Å². The third-order valence-corrected chi connectivity index (χ3v) is 6.14. The summed E-state index contributed by atoms with van der Waals surface area (Å²) in [6.45, 7) is 3.40. The molecule has 5 atom stereocenters. The third-order valence-electron chi connectivity index (χ3n) is 5.15. The Morgan fingerprint density at radius 1 is 1.33 bits per heavy atom. The van der Waals surface area contributed by atoms with Gasteiger partial charge in [0.2, 0.25) is 11.9 Å². The Morgan fingerprint density at radius 2 is 2.09 bits per heavy atom. The van der Waals surface area contributed by atoms with Gasteiger partial charge < -0.3 is 20.1 Å². The third kappa shape index (κ3) is 4.70. The van der Waals surface area contributed by atoms with E-state index in [1.807, 2.05) is 13.8 Å². The van der Waals surface area contributed by atoms with Crippen LogP contribution in [-0.4, -0.2) is 61.2 Å². The summed E-state index contributed by atoms with van der Waals surface area (Å²) in [6.07, 6.45) is -1.50. The summed E-state index contributed by atoms with van der Waals surface area (Å²) in [7, 11) is -4.37. The van der Waals surface area contributed by atoms with Crippen molar-refractivity contribution in [1.82, 2.24) is 19.5 Å². The number of hydrogen-bond acceptors (Lipinski definition) is 11. The van der Waals surface area contributed by atoms with Crippen molar-refractivity contribution in [3.05, 3.63) is 6.33 Å². The zero-order chi connectivity index (χ0) is 23.8. The van der Waals surface area contributed by atoms with Crippen LogP contribution in [0.25, 0.3) is 11.2 Å². The first kappa shape index (κ1) is 23.5. The molecule has 0 saturated carbocycles. The predicted molar refractivity (Wildman–Crippen MR) is 113 cm³/mol. The summed E-state index contributed by atoms with van der Waals surface area (Å²) >= 11 is 0. The number of anilines is 2. The highest BCUT2D eigenvalue weighted by Gasteiger charge is 2.55. The molecule has 33 heavy (non-hydrogen) atoms. The van der Waals surface area contributed by atoms with Crippen LogP contribution in [0.5, 0.6) is 0 Å². The SMILES string of the molecule is CCCC(=O)Nc1nc2c(N)ncnc2n1[C@@H]1O[C@@H]2COP(=O)(O)O[C@H]2[C@H]1OC(=O)CCC. The number of nitrogens with one attached hydrogen (secondary N) is 1. The molecule has 2 saturated heterocycles. The molecule has 2 aliphatic rings. The Morgan fingerprint density at radius 3 is 2.82 bits per heavy atom. The summed E-state index contributed by atoms with van der Waals surface area (Å²) < 4.78 is 35.2. The second-order valence-electron chi connectivity index (χ2n) is 7.64. The molecule has 1 unspecified atom stereocenters. The number of phosphoric acid groups is 1. The number of hydrogen-bond donors (Lipinski definition) is 3. The fourth-order valence-corrected chi connectivity index (χ4v) is 4.70. The summed E-state index contributed by atoms with van der Waals surface area (Å²) in [6, 6.07) is 0. The number of imidazole rings is 1. The second-order valence-corrected chi connectivity index (χ2v) is 9.04. The molecule has 4 rings (SSSR count). The Kier molecular flexibility index (Phi) is 6.64. The fourth-order valence-electron chi connectivity index (χ4n) is 3.74. The van der Waals surface area contributed by atoms with Crippen LogP contribution < -0.4 is 11.1 Å². The summed E-state index contributed by atoms with van der Waals surface area (Å²) in [5, 5.41) is 2.69. The molecule has 15 heteroatoms. The first-order valence-corrected chi connectivity index (χ1v) is 12.0. The van der Waals surface area contributed by atoms with Crippen molar-refractivity contribution in [1.29, 1.82) is 0 Å². The first-order chi connectivity index (χ1) is 15.7. The lowest BCUT2D eigenvalue weighted by Gasteiger charge is -2.29. The molecule has 2 fully saturated rings. The molecule has 2 aromatic rings. The van der Waals surface area contributed by atoms with E-state index in [-0.39, 0.29) is 48.3 Å². The number of fused-ring (bicyclic) bond motifs is 2. The van der Waals surface area contributed by atoms with Crippen molar-refractivity contribution in [3.8, 4) is 0 Å². The predicted octanol–water partition coefficient (Wildman–Crippen LogP) is 1.27. The van der Waals surface area contributed by atoms with Gasteiger partial charge in [-0.15, -0.1) is 0 Å². The summed E-state index contributed by atoms with van der Waals surface area (Å²) in [5.41, 5.74) is 6.36. The maximum Gasteiger partial charge on any atom is 0.472 e. The molecule has 2 aromatic heterocycles. The number of carbonyl (C=O) groups is 2. The number of rotatable bonds is 7. The number of phosphoric ester groups is 1. The Labute approximate surface area is 188 Å². The lowest BCUT2D eigenvalue weighted by molar-refractivity contribution is -0.158. The Bertz CT molecular complexity index is 1110. The minimum absolute atomic E-state index is 0.0453. The van der Waals surface area contributed by atoms with Crippen LogP contribution in [0.2, 0.25) is 0 Å². The van der Waals surface area contributed by atoms with E-state index in [1.165, 1.54) is 10.9 Å². The van der Waals surface area contributed by atoms with Crippen molar-refractivity contribution in [2.75, 3.05) is 17.7 Å². The Hall–Kier alpha value is -2.64. The van der Waals surface area contributed by atoms with E-state index in [0.717, 1.165) is 0 Å². The largest absolute Gasteiger partial charge is 0.472 e. The number of nitrogens with zero attached hydrogens (tertiary/aromatic N) is 4. The number of esters is 1. The number of amides is 1. The molecule has 180 valence electrons. The summed E-state index contributed by atoms with van der Waals surface area (Å²) in [5.74, 6) is -0.743. The van der Waals surface area contributed by atoms with E-state index < -0.39 is 38.3 Å². The molecular weight excluding hydrogens is 459 g/mol. The van der Waals surface area contributed by atoms with Crippen molar-refractivity contribution >= 4 is 42.6 Å². The van der Waals surface area contributed by atoms with Gasteiger partial charge in [0, 0.05) is 12.8 Å². The molecule has 0 spiro atoms. The average molecular weight is 484 g/mol. The molecule has 0 aliphatic carbocycles. The first-order valence-electron chi connectivity index (χ1n) is 10.5. The van der Waals surface area contributed by atoms with Crippen LogP contribution in [0, 0.1) is 0 Å². The van der Waals surface area contributed by atoms with E-state index in [0.29, 0.717) is 12.8 Å². The van der Waals surface area contributed by atoms with E-state index in [2.05, 4.69) is 20.3 Å². The minimum atomic E-state index is -4.37. The van der Waals surface area contributed by atoms with Gasteiger partial charge in [-0.05, 0) is 12.8 Å². The van der Waals surface area contributed by atoms with Crippen molar-refractivity contribution < 1.29 is 37.6 Å². The van der Waals surface area contributed by atoms with Gasteiger partial charge in [0.1, 0.15) is 18.5 Å². The maximum absolute atomic E-state index is 12.4. The van der Waals surface area contributed by atoms with Crippen LogP contribution in [0.1, 0.15) is 45.8 Å². The average Bonchev–Trinajstić information content (AvgIpc) is 3.26. The fraction of sp³-hybridized carbons (Fsp3) is 0.611. The number of nitrogens with two attached hydrogens (primary N) is 1. The molecular formula is C18H25N6O8P. The molecule has 2 aliphatic heterocycles. The summed E-state index contributed by atoms with van der Waals surface area (Å²) in [4.78, 5) is 47.1. The van der Waals surface area contributed by atoms with Crippen molar-refractivity contribution in [2.45, 2.75) is 64.1 Å². The number of nitrogen functional groups attached to an aromatic ring is 1. The van der Waals surface area contributed by atoms with E-state index in [9.17, 15) is 19.0 Å². The zero-order valence-electron chi connectivity index (χ0n) is 18.0. The Balaban J connectivity index is 1.80. The zero-order valence-corrected chi connectivity index (χ0v) is 18.9. The molecule has 14 nitrogen and oxygen atoms in total. The van der Waals surface area contributed by atoms with Gasteiger partial charge in [-0.3, -0.25) is 28.5 Å². The highest BCUT2D eigenvalue weighted by molar-refractivity contribution is 7.47. The van der Waals surface area contributed by atoms with Crippen LogP contribution in [0.15, 0.2) is 6.33 Å². The lowest BCUT2D eigenvalue weighted by Crippen LogP contribution is -2.41. The number of ether oxygens (including phenoxy) is 2. The highest BCUT2D eigenvalue weighted by Crippen LogP contribution is 2.53. The van der Waals surface area contributed by atoms with Gasteiger partial charge in [-0.2, -0.15) is 0 Å². The van der Waals surface area contributed by atoms with Crippen LogP contribution in [0.3, 0.4) is 0 Å². The van der Waals surface area contributed by atoms with Crippen LogP contribution >= 0.6 is 7.82 Å². The smallest absolute Gasteiger partial charge is 0.455 e. The monoisotopic (exact) mass is 484 g/mol. The van der Waals surface area contributed by atoms with Gasteiger partial charge in [-0.25, -0.2) is 19.5 Å². The highest BCUT2D eigenvalue weighted by atomic mass is 31.2. The molecule has 4 N–H and O–H groups in total. The molecule has 1 amide bonds. The standard InChI is InChI=1S/C18H25N6O8P/c1-3-5-10(25)22-18-23-12-15(19)20-8-21-16(12)24(18)17-14(31-11(26)6-4-2)13-9(30-17)7-29-33(27,28)32-13/h8-9,13-14,17H,3-7H2,1-2H3,(H,27,28)(H2,19,20,21)(H,22,23,25)/t9-,13-,14-,17-/m1/s1. The molecule has 4 heterocycles. The van der Waals surface area contributed by atoms with Crippen molar-refractivity contribution in [3.63, 3.8) is 0 Å². The van der Waals surface area contributed by atoms with Gasteiger partial charge in [-0.1, -0.05) is 13.8 Å². The van der Waals surface area contributed by atoms with E-state index >= 15 is 0 Å².